The molecule has 3 aromatic rings. The van der Waals surface area contributed by atoms with Crippen LogP contribution in [-0.4, -0.2) is 43.2 Å². The van der Waals surface area contributed by atoms with E-state index in [4.69, 9.17) is 9.51 Å². The molecule has 0 aromatic carbocycles. The molecule has 0 saturated carbocycles. The fourth-order valence-electron chi connectivity index (χ4n) is 3.93. The maximum Gasteiger partial charge on any atom is 0.143 e. The number of imidazole rings is 1. The van der Waals surface area contributed by atoms with Crippen molar-refractivity contribution in [1.29, 1.82) is 0 Å². The van der Waals surface area contributed by atoms with Gasteiger partial charge in [-0.05, 0) is 39.3 Å². The van der Waals surface area contributed by atoms with Crippen molar-refractivity contribution in [3.05, 3.63) is 53.1 Å². The van der Waals surface area contributed by atoms with Gasteiger partial charge in [0.1, 0.15) is 11.6 Å². The van der Waals surface area contributed by atoms with Crippen LogP contribution in [0.25, 0.3) is 11.3 Å². The summed E-state index contributed by atoms with van der Waals surface area (Å²) < 4.78 is 5.32. The van der Waals surface area contributed by atoms with Crippen molar-refractivity contribution in [2.24, 2.45) is 0 Å². The number of rotatable bonds is 5. The zero-order valence-corrected chi connectivity index (χ0v) is 15.8. The Morgan fingerprint density at radius 2 is 2.22 bits per heavy atom. The van der Waals surface area contributed by atoms with Gasteiger partial charge in [-0.3, -0.25) is 9.88 Å². The van der Waals surface area contributed by atoms with Crippen molar-refractivity contribution in [2.45, 2.75) is 45.8 Å². The van der Waals surface area contributed by atoms with E-state index in [2.05, 4.69) is 20.0 Å². The highest BCUT2D eigenvalue weighted by atomic mass is 16.5. The van der Waals surface area contributed by atoms with Gasteiger partial charge in [0.2, 0.25) is 0 Å². The number of piperidine rings is 1. The van der Waals surface area contributed by atoms with E-state index in [1.165, 1.54) is 0 Å². The zero-order chi connectivity index (χ0) is 18.8. The molecule has 0 spiro atoms. The van der Waals surface area contributed by atoms with Crippen LogP contribution in [-0.2, 0) is 13.2 Å². The number of nitrogens with one attached hydrogen (secondary N) is 1. The second kappa shape index (κ2) is 7.62. The predicted octanol–water partition coefficient (Wildman–Crippen LogP) is 2.95. The summed E-state index contributed by atoms with van der Waals surface area (Å²) in [4.78, 5) is 14.9. The minimum absolute atomic E-state index is 0.0536. The first kappa shape index (κ1) is 17.9. The Bertz CT molecular complexity index is 884. The number of aliphatic hydroxyl groups excluding tert-OH is 1. The Morgan fingerprint density at radius 3 is 2.93 bits per heavy atom. The molecule has 4 rings (SSSR count). The van der Waals surface area contributed by atoms with E-state index in [0.717, 1.165) is 72.3 Å². The molecule has 0 amide bonds. The van der Waals surface area contributed by atoms with E-state index >= 15 is 0 Å². The van der Waals surface area contributed by atoms with Crippen molar-refractivity contribution >= 4 is 0 Å². The van der Waals surface area contributed by atoms with Crippen LogP contribution in [0.1, 0.15) is 47.3 Å². The summed E-state index contributed by atoms with van der Waals surface area (Å²) in [7, 11) is 0. The molecule has 0 aliphatic carbocycles. The molecule has 1 saturated heterocycles. The highest BCUT2D eigenvalue weighted by Gasteiger charge is 2.25. The van der Waals surface area contributed by atoms with Gasteiger partial charge >= 0.3 is 0 Å². The summed E-state index contributed by atoms with van der Waals surface area (Å²) in [6.07, 6.45) is 5.90. The first-order valence-corrected chi connectivity index (χ1v) is 9.40. The van der Waals surface area contributed by atoms with Gasteiger partial charge in [0, 0.05) is 36.1 Å². The number of aryl methyl sites for hydroxylation is 2. The number of aromatic amines is 1. The fourth-order valence-corrected chi connectivity index (χ4v) is 3.93. The average Bonchev–Trinajstić information content (AvgIpc) is 3.31. The molecule has 2 N–H and O–H groups in total. The smallest absolute Gasteiger partial charge is 0.143 e. The minimum atomic E-state index is -0.0536. The molecule has 3 aromatic heterocycles. The topological polar surface area (TPSA) is 91.1 Å². The summed E-state index contributed by atoms with van der Waals surface area (Å²) >= 11 is 0. The molecule has 4 heterocycles. The third-order valence-corrected chi connectivity index (χ3v) is 5.29. The Hall–Kier alpha value is -2.51. The van der Waals surface area contributed by atoms with Gasteiger partial charge in [-0.25, -0.2) is 4.98 Å². The number of pyridine rings is 1. The van der Waals surface area contributed by atoms with Crippen LogP contribution in [0.2, 0.25) is 0 Å². The third-order valence-electron chi connectivity index (χ3n) is 5.29. The van der Waals surface area contributed by atoms with Crippen LogP contribution in [0.3, 0.4) is 0 Å². The maximum absolute atomic E-state index is 9.78. The predicted molar refractivity (Wildman–Crippen MR) is 101 cm³/mol. The normalized spacial score (nSPS) is 18.1. The molecule has 1 aliphatic rings. The van der Waals surface area contributed by atoms with Gasteiger partial charge in [0.15, 0.2) is 0 Å². The third kappa shape index (κ3) is 3.65. The number of hydrogen-bond donors (Lipinski definition) is 2. The summed E-state index contributed by atoms with van der Waals surface area (Å²) in [5, 5.41) is 13.8. The van der Waals surface area contributed by atoms with E-state index in [9.17, 15) is 5.11 Å². The lowest BCUT2D eigenvalue weighted by Gasteiger charge is -2.32. The Labute approximate surface area is 158 Å². The SMILES string of the molecule is Cc1noc(C)c1-c1nc([C@H]2CCCN(Cc3ncc[nH]3)C2)ccc1CO. The van der Waals surface area contributed by atoms with Gasteiger partial charge in [-0.15, -0.1) is 0 Å². The Morgan fingerprint density at radius 1 is 1.33 bits per heavy atom. The molecule has 0 bridgehead atoms. The monoisotopic (exact) mass is 367 g/mol. The lowest BCUT2D eigenvalue weighted by atomic mass is 9.93. The first-order valence-electron chi connectivity index (χ1n) is 9.40. The maximum atomic E-state index is 9.78. The lowest BCUT2D eigenvalue weighted by molar-refractivity contribution is 0.194. The molecule has 142 valence electrons. The number of H-pyrrole nitrogens is 1. The molecule has 1 atom stereocenters. The quantitative estimate of drug-likeness (QED) is 0.720. The summed E-state index contributed by atoms with van der Waals surface area (Å²) in [6.45, 7) is 6.59. The van der Waals surface area contributed by atoms with Gasteiger partial charge in [-0.2, -0.15) is 0 Å². The van der Waals surface area contributed by atoms with Crippen LogP contribution in [0.15, 0.2) is 29.0 Å². The van der Waals surface area contributed by atoms with E-state index in [0.29, 0.717) is 5.92 Å². The number of nitrogens with zero attached hydrogens (tertiary/aromatic N) is 4. The van der Waals surface area contributed by atoms with Crippen LogP contribution in [0.4, 0.5) is 0 Å². The molecule has 7 nitrogen and oxygen atoms in total. The minimum Gasteiger partial charge on any atom is -0.392 e. The molecule has 0 radical (unpaired) electrons. The number of hydrogen-bond acceptors (Lipinski definition) is 6. The van der Waals surface area contributed by atoms with Crippen LogP contribution in [0.5, 0.6) is 0 Å². The molecular weight excluding hydrogens is 342 g/mol. The molecule has 27 heavy (non-hydrogen) atoms. The molecular formula is C20H25N5O2. The van der Waals surface area contributed by atoms with Crippen LogP contribution in [0, 0.1) is 13.8 Å². The highest BCUT2D eigenvalue weighted by Crippen LogP contribution is 2.32. The number of likely N-dealkylation sites (tertiary alicyclic amines) is 1. The molecule has 1 fully saturated rings. The highest BCUT2D eigenvalue weighted by molar-refractivity contribution is 5.67. The largest absolute Gasteiger partial charge is 0.392 e. The van der Waals surface area contributed by atoms with Crippen molar-refractivity contribution < 1.29 is 9.63 Å². The van der Waals surface area contributed by atoms with E-state index in [1.54, 1.807) is 6.20 Å². The standard InChI is InChI=1S/C20H25N5O2/c1-13-19(14(2)27-24-13)20-16(12-26)5-6-17(23-20)15-4-3-9-25(10-15)11-18-21-7-8-22-18/h5-8,15,26H,3-4,9-12H2,1-2H3,(H,21,22)/t15-/m0/s1. The van der Waals surface area contributed by atoms with Crippen molar-refractivity contribution in [1.82, 2.24) is 25.0 Å². The lowest BCUT2D eigenvalue weighted by Crippen LogP contribution is -2.34. The van der Waals surface area contributed by atoms with E-state index in [1.807, 2.05) is 32.2 Å². The van der Waals surface area contributed by atoms with Crippen molar-refractivity contribution in [2.75, 3.05) is 13.1 Å². The van der Waals surface area contributed by atoms with Gasteiger partial charge in [0.05, 0.1) is 30.1 Å². The Balaban J connectivity index is 1.61. The second-order valence-corrected chi connectivity index (χ2v) is 7.21. The summed E-state index contributed by atoms with van der Waals surface area (Å²) in [5.41, 5.74) is 4.34. The van der Waals surface area contributed by atoms with Gasteiger partial charge in [0.25, 0.3) is 0 Å². The van der Waals surface area contributed by atoms with Crippen LogP contribution < -0.4 is 0 Å². The summed E-state index contributed by atoms with van der Waals surface area (Å²) in [5.74, 6) is 2.09. The van der Waals surface area contributed by atoms with Gasteiger partial charge < -0.3 is 14.6 Å². The van der Waals surface area contributed by atoms with E-state index in [-0.39, 0.29) is 6.61 Å². The Kier molecular flexibility index (Phi) is 5.05. The van der Waals surface area contributed by atoms with Crippen molar-refractivity contribution in [3.63, 3.8) is 0 Å². The second-order valence-electron chi connectivity index (χ2n) is 7.21. The van der Waals surface area contributed by atoms with Crippen molar-refractivity contribution in [3.8, 4) is 11.3 Å². The number of aliphatic hydroxyl groups is 1. The summed E-state index contributed by atoms with van der Waals surface area (Å²) in [6, 6.07) is 4.03. The zero-order valence-electron chi connectivity index (χ0n) is 15.8. The van der Waals surface area contributed by atoms with Gasteiger partial charge in [-0.1, -0.05) is 11.2 Å². The molecule has 7 heteroatoms. The van der Waals surface area contributed by atoms with Crippen LogP contribution >= 0.6 is 0 Å². The average molecular weight is 367 g/mol. The molecule has 0 unspecified atom stereocenters. The number of aromatic nitrogens is 4. The first-order chi connectivity index (χ1) is 13.2. The molecule has 1 aliphatic heterocycles. The fraction of sp³-hybridized carbons (Fsp3) is 0.450. The van der Waals surface area contributed by atoms with E-state index < -0.39 is 0 Å².